The molecule has 0 aromatic heterocycles. The van der Waals surface area contributed by atoms with Gasteiger partial charge in [0.2, 0.25) is 0 Å². The molecular formula is C15H22BFO3. The van der Waals surface area contributed by atoms with E-state index in [4.69, 9.17) is 9.31 Å². The predicted octanol–water partition coefficient (Wildman–Crippen LogP) is 2.05. The van der Waals surface area contributed by atoms with Crippen LogP contribution in [0.3, 0.4) is 0 Å². The molecule has 0 saturated carbocycles. The summed E-state index contributed by atoms with van der Waals surface area (Å²) < 4.78 is 26.0. The molecule has 0 spiro atoms. The molecule has 1 aliphatic heterocycles. The maximum absolute atomic E-state index is 14.2. The average Bonchev–Trinajstić information content (AvgIpc) is 2.46. The molecule has 1 fully saturated rings. The highest BCUT2D eigenvalue weighted by Crippen LogP contribution is 2.36. The zero-order valence-corrected chi connectivity index (χ0v) is 12.7. The van der Waals surface area contributed by atoms with Gasteiger partial charge in [0, 0.05) is 5.46 Å². The van der Waals surface area contributed by atoms with Crippen LogP contribution in [0.1, 0.15) is 40.2 Å². The van der Waals surface area contributed by atoms with E-state index in [0.717, 1.165) is 5.56 Å². The standard InChI is InChI=1S/C15H22BFO3/c1-10(18)9-11-7-6-8-12(17)13(11)16-19-14(2,3)15(4,5)20-16/h6-8,10,18H,9H2,1-5H3. The average molecular weight is 280 g/mol. The summed E-state index contributed by atoms with van der Waals surface area (Å²) in [6.07, 6.45) is -0.171. The molecule has 1 aromatic carbocycles. The third kappa shape index (κ3) is 2.75. The largest absolute Gasteiger partial charge is 0.498 e. The normalized spacial score (nSPS) is 22.1. The molecule has 110 valence electrons. The molecule has 1 aromatic rings. The van der Waals surface area contributed by atoms with E-state index in [1.54, 1.807) is 19.1 Å². The van der Waals surface area contributed by atoms with Crippen LogP contribution in [-0.4, -0.2) is 29.5 Å². The van der Waals surface area contributed by atoms with Crippen molar-refractivity contribution in [2.75, 3.05) is 0 Å². The molecule has 1 heterocycles. The summed E-state index contributed by atoms with van der Waals surface area (Å²) in [5.41, 5.74) is 0.0925. The second-order valence-corrected chi connectivity index (χ2v) is 6.45. The van der Waals surface area contributed by atoms with Gasteiger partial charge in [-0.05, 0) is 52.7 Å². The van der Waals surface area contributed by atoms with E-state index in [2.05, 4.69) is 0 Å². The first-order chi connectivity index (χ1) is 9.14. The number of aliphatic hydroxyl groups is 1. The van der Waals surface area contributed by atoms with Gasteiger partial charge in [-0.15, -0.1) is 0 Å². The Bertz CT molecular complexity index is 484. The van der Waals surface area contributed by atoms with Gasteiger partial charge in [0.1, 0.15) is 5.82 Å². The molecule has 0 aliphatic carbocycles. The number of hydrogen-bond acceptors (Lipinski definition) is 3. The molecular weight excluding hydrogens is 258 g/mol. The summed E-state index contributed by atoms with van der Waals surface area (Å²) in [5, 5.41) is 9.57. The zero-order valence-electron chi connectivity index (χ0n) is 12.7. The molecule has 3 nitrogen and oxygen atoms in total. The van der Waals surface area contributed by atoms with Crippen molar-refractivity contribution in [2.24, 2.45) is 0 Å². The van der Waals surface area contributed by atoms with Crippen molar-refractivity contribution < 1.29 is 18.8 Å². The Morgan fingerprint density at radius 1 is 1.20 bits per heavy atom. The summed E-state index contributed by atoms with van der Waals surface area (Å²) >= 11 is 0. The smallest absolute Gasteiger partial charge is 0.399 e. The monoisotopic (exact) mass is 280 g/mol. The van der Waals surface area contributed by atoms with Crippen molar-refractivity contribution in [3.05, 3.63) is 29.6 Å². The SMILES string of the molecule is CC(O)Cc1cccc(F)c1B1OC(C)(C)C(C)(C)O1. The first-order valence-electron chi connectivity index (χ1n) is 6.95. The summed E-state index contributed by atoms with van der Waals surface area (Å²) in [6.45, 7) is 9.41. The molecule has 2 rings (SSSR count). The second kappa shape index (κ2) is 5.13. The van der Waals surface area contributed by atoms with Crippen molar-refractivity contribution >= 4 is 12.6 Å². The number of hydrogen-bond donors (Lipinski definition) is 1. The predicted molar refractivity (Wildman–Crippen MR) is 77.5 cm³/mol. The Balaban J connectivity index is 2.39. The van der Waals surface area contributed by atoms with Crippen molar-refractivity contribution in [2.45, 2.75) is 58.3 Å². The lowest BCUT2D eigenvalue weighted by molar-refractivity contribution is 0.00578. The Kier molecular flexibility index (Phi) is 3.97. The third-order valence-electron chi connectivity index (χ3n) is 4.15. The van der Waals surface area contributed by atoms with Gasteiger partial charge < -0.3 is 14.4 Å². The van der Waals surface area contributed by atoms with Crippen LogP contribution >= 0.6 is 0 Å². The molecule has 1 unspecified atom stereocenters. The van der Waals surface area contributed by atoms with Gasteiger partial charge in [-0.1, -0.05) is 12.1 Å². The van der Waals surface area contributed by atoms with E-state index in [-0.39, 0.29) is 5.82 Å². The van der Waals surface area contributed by atoms with Gasteiger partial charge in [0.05, 0.1) is 17.3 Å². The van der Waals surface area contributed by atoms with Gasteiger partial charge >= 0.3 is 7.12 Å². The van der Waals surface area contributed by atoms with Gasteiger partial charge in [-0.3, -0.25) is 0 Å². The molecule has 1 saturated heterocycles. The molecule has 0 amide bonds. The van der Waals surface area contributed by atoms with Crippen LogP contribution in [0.5, 0.6) is 0 Å². The number of halogens is 1. The summed E-state index contributed by atoms with van der Waals surface area (Å²) in [6, 6.07) is 4.84. The zero-order chi connectivity index (χ0) is 15.1. The second-order valence-electron chi connectivity index (χ2n) is 6.45. The topological polar surface area (TPSA) is 38.7 Å². The van der Waals surface area contributed by atoms with Crippen molar-refractivity contribution in [1.29, 1.82) is 0 Å². The fourth-order valence-corrected chi connectivity index (χ4v) is 2.30. The summed E-state index contributed by atoms with van der Waals surface area (Å²) in [5.74, 6) is -0.360. The molecule has 0 bridgehead atoms. The Morgan fingerprint density at radius 2 is 1.75 bits per heavy atom. The first kappa shape index (κ1) is 15.5. The van der Waals surface area contributed by atoms with Crippen molar-refractivity contribution in [3.8, 4) is 0 Å². The van der Waals surface area contributed by atoms with E-state index in [1.165, 1.54) is 6.07 Å². The first-order valence-corrected chi connectivity index (χ1v) is 6.95. The van der Waals surface area contributed by atoms with Crippen LogP contribution in [0.15, 0.2) is 18.2 Å². The lowest BCUT2D eigenvalue weighted by Crippen LogP contribution is -2.41. The number of rotatable bonds is 3. The minimum Gasteiger partial charge on any atom is -0.399 e. The molecule has 1 N–H and O–H groups in total. The van der Waals surface area contributed by atoms with E-state index < -0.39 is 24.4 Å². The minimum absolute atomic E-state index is 0.360. The highest BCUT2D eigenvalue weighted by molar-refractivity contribution is 6.62. The fourth-order valence-electron chi connectivity index (χ4n) is 2.30. The maximum Gasteiger partial charge on any atom is 0.498 e. The number of aliphatic hydroxyl groups excluding tert-OH is 1. The quantitative estimate of drug-likeness (QED) is 0.861. The fraction of sp³-hybridized carbons (Fsp3) is 0.600. The molecule has 20 heavy (non-hydrogen) atoms. The molecule has 1 atom stereocenters. The van der Waals surface area contributed by atoms with Crippen LogP contribution in [0.25, 0.3) is 0 Å². The lowest BCUT2D eigenvalue weighted by Gasteiger charge is -2.32. The third-order valence-corrected chi connectivity index (χ3v) is 4.15. The van der Waals surface area contributed by atoms with Crippen LogP contribution in [0.4, 0.5) is 4.39 Å². The van der Waals surface area contributed by atoms with E-state index in [9.17, 15) is 9.50 Å². The van der Waals surface area contributed by atoms with Gasteiger partial charge in [-0.2, -0.15) is 0 Å². The summed E-state index contributed by atoms with van der Waals surface area (Å²) in [7, 11) is -0.741. The highest BCUT2D eigenvalue weighted by atomic mass is 19.1. The van der Waals surface area contributed by atoms with Gasteiger partial charge in [-0.25, -0.2) is 4.39 Å². The molecule has 1 aliphatic rings. The molecule has 0 radical (unpaired) electrons. The Hall–Kier alpha value is -0.905. The van der Waals surface area contributed by atoms with Crippen LogP contribution < -0.4 is 5.46 Å². The Labute approximate surface area is 120 Å². The highest BCUT2D eigenvalue weighted by Gasteiger charge is 2.52. The van der Waals surface area contributed by atoms with Crippen molar-refractivity contribution in [3.63, 3.8) is 0 Å². The summed E-state index contributed by atoms with van der Waals surface area (Å²) in [4.78, 5) is 0. The van der Waals surface area contributed by atoms with Crippen LogP contribution in [0, 0.1) is 5.82 Å². The van der Waals surface area contributed by atoms with E-state index in [0.29, 0.717) is 11.9 Å². The van der Waals surface area contributed by atoms with Crippen molar-refractivity contribution in [1.82, 2.24) is 0 Å². The van der Waals surface area contributed by atoms with Gasteiger partial charge in [0.15, 0.2) is 0 Å². The lowest BCUT2D eigenvalue weighted by atomic mass is 9.74. The van der Waals surface area contributed by atoms with Crippen LogP contribution in [-0.2, 0) is 15.7 Å². The van der Waals surface area contributed by atoms with Gasteiger partial charge in [0.25, 0.3) is 0 Å². The number of benzene rings is 1. The minimum atomic E-state index is -0.741. The molecule has 5 heteroatoms. The Morgan fingerprint density at radius 3 is 2.25 bits per heavy atom. The van der Waals surface area contributed by atoms with E-state index in [1.807, 2.05) is 27.7 Å². The van der Waals surface area contributed by atoms with E-state index >= 15 is 0 Å². The maximum atomic E-state index is 14.2. The van der Waals surface area contributed by atoms with Crippen LogP contribution in [0.2, 0.25) is 0 Å².